The first-order chi connectivity index (χ1) is 5.20. The van der Waals surface area contributed by atoms with Crippen molar-refractivity contribution in [2.24, 2.45) is 23.7 Å². The molecule has 0 aromatic carbocycles. The van der Waals surface area contributed by atoms with E-state index in [1.165, 1.54) is 6.42 Å². The van der Waals surface area contributed by atoms with Gasteiger partial charge in [0.25, 0.3) is 0 Å². The van der Waals surface area contributed by atoms with Crippen molar-refractivity contribution < 1.29 is 4.79 Å². The standard InChI is InChI=1S/C10H14O/c1-6-8-3-4-9(5-8)10(6)7(2)11/h3-4,6,8-10H,5H2,1-2H3/t6-,8+,9-,10-/m1/s1. The third-order valence-electron chi connectivity index (χ3n) is 3.32. The Morgan fingerprint density at radius 3 is 2.36 bits per heavy atom. The predicted molar refractivity (Wildman–Crippen MR) is 44.1 cm³/mol. The van der Waals surface area contributed by atoms with E-state index in [9.17, 15) is 4.79 Å². The molecule has 1 nitrogen and oxygen atoms in total. The van der Waals surface area contributed by atoms with Crippen LogP contribution in [0.5, 0.6) is 0 Å². The van der Waals surface area contributed by atoms with Crippen LogP contribution in [0.1, 0.15) is 20.3 Å². The lowest BCUT2D eigenvalue weighted by molar-refractivity contribution is -0.122. The summed E-state index contributed by atoms with van der Waals surface area (Å²) in [5, 5.41) is 0. The molecule has 1 fully saturated rings. The van der Waals surface area contributed by atoms with Gasteiger partial charge in [0.2, 0.25) is 0 Å². The first-order valence-electron chi connectivity index (χ1n) is 4.39. The zero-order chi connectivity index (χ0) is 8.01. The van der Waals surface area contributed by atoms with Gasteiger partial charge in [-0.15, -0.1) is 0 Å². The molecule has 0 heterocycles. The van der Waals surface area contributed by atoms with E-state index in [2.05, 4.69) is 19.1 Å². The van der Waals surface area contributed by atoms with Crippen molar-refractivity contribution in [3.05, 3.63) is 12.2 Å². The van der Waals surface area contributed by atoms with Crippen LogP contribution in [-0.4, -0.2) is 5.78 Å². The minimum absolute atomic E-state index is 0.338. The van der Waals surface area contributed by atoms with Crippen LogP contribution in [0.15, 0.2) is 12.2 Å². The number of carbonyl (C=O) groups is 1. The molecule has 0 aliphatic heterocycles. The Morgan fingerprint density at radius 2 is 2.00 bits per heavy atom. The van der Waals surface area contributed by atoms with Crippen molar-refractivity contribution in [2.75, 3.05) is 0 Å². The monoisotopic (exact) mass is 150 g/mol. The molecule has 2 aliphatic carbocycles. The normalized spacial score (nSPS) is 46.7. The SMILES string of the molecule is CC(=O)[C@H]1[C@H](C)[C@H]2C=C[C@@H]1C2. The molecule has 0 radical (unpaired) electrons. The smallest absolute Gasteiger partial charge is 0.133 e. The first-order valence-corrected chi connectivity index (χ1v) is 4.39. The van der Waals surface area contributed by atoms with E-state index in [1.54, 1.807) is 6.92 Å². The summed E-state index contributed by atoms with van der Waals surface area (Å²) in [5.74, 6) is 2.60. The van der Waals surface area contributed by atoms with Gasteiger partial charge in [-0.2, -0.15) is 0 Å². The minimum atomic E-state index is 0.338. The fourth-order valence-electron chi connectivity index (χ4n) is 2.74. The highest BCUT2D eigenvalue weighted by Crippen LogP contribution is 2.47. The highest BCUT2D eigenvalue weighted by Gasteiger charge is 2.43. The molecule has 0 aromatic heterocycles. The van der Waals surface area contributed by atoms with Gasteiger partial charge in [0.15, 0.2) is 0 Å². The molecular formula is C10H14O. The van der Waals surface area contributed by atoms with Crippen LogP contribution >= 0.6 is 0 Å². The molecule has 11 heavy (non-hydrogen) atoms. The van der Waals surface area contributed by atoms with E-state index in [0.29, 0.717) is 29.5 Å². The van der Waals surface area contributed by atoms with E-state index in [-0.39, 0.29) is 0 Å². The van der Waals surface area contributed by atoms with Crippen molar-refractivity contribution in [3.8, 4) is 0 Å². The van der Waals surface area contributed by atoms with Crippen LogP contribution in [0.2, 0.25) is 0 Å². The van der Waals surface area contributed by atoms with Crippen molar-refractivity contribution in [1.82, 2.24) is 0 Å². The molecule has 0 spiro atoms. The van der Waals surface area contributed by atoms with Gasteiger partial charge in [0, 0.05) is 5.92 Å². The number of hydrogen-bond acceptors (Lipinski definition) is 1. The topological polar surface area (TPSA) is 17.1 Å². The Morgan fingerprint density at radius 1 is 1.36 bits per heavy atom. The molecule has 2 bridgehead atoms. The van der Waals surface area contributed by atoms with Gasteiger partial charge in [0.1, 0.15) is 5.78 Å². The number of ketones is 1. The molecule has 60 valence electrons. The van der Waals surface area contributed by atoms with E-state index >= 15 is 0 Å². The summed E-state index contributed by atoms with van der Waals surface area (Å²) in [6.07, 6.45) is 5.75. The molecule has 4 atom stereocenters. The lowest BCUT2D eigenvalue weighted by Crippen LogP contribution is -2.23. The highest BCUT2D eigenvalue weighted by atomic mass is 16.1. The Hall–Kier alpha value is -0.590. The number of allylic oxidation sites excluding steroid dienone is 2. The third-order valence-corrected chi connectivity index (χ3v) is 3.32. The number of hydrogen-bond donors (Lipinski definition) is 0. The molecule has 0 saturated heterocycles. The molecular weight excluding hydrogens is 136 g/mol. The van der Waals surface area contributed by atoms with E-state index in [0.717, 1.165) is 0 Å². The van der Waals surface area contributed by atoms with E-state index in [4.69, 9.17) is 0 Å². The zero-order valence-electron chi connectivity index (χ0n) is 7.08. The van der Waals surface area contributed by atoms with Crippen LogP contribution in [0.4, 0.5) is 0 Å². The maximum Gasteiger partial charge on any atom is 0.133 e. The summed E-state index contributed by atoms with van der Waals surface area (Å²) in [5.41, 5.74) is 0. The number of Topliss-reactive ketones (excluding diaryl/α,β-unsaturated/α-hetero) is 1. The molecule has 0 aromatic rings. The van der Waals surface area contributed by atoms with Gasteiger partial charge in [-0.25, -0.2) is 0 Å². The van der Waals surface area contributed by atoms with Crippen molar-refractivity contribution in [3.63, 3.8) is 0 Å². The Bertz CT molecular complexity index is 217. The minimum Gasteiger partial charge on any atom is -0.300 e. The molecule has 2 rings (SSSR count). The molecule has 1 saturated carbocycles. The average Bonchev–Trinajstić information content (AvgIpc) is 2.44. The van der Waals surface area contributed by atoms with E-state index in [1.807, 2.05) is 0 Å². The van der Waals surface area contributed by atoms with Gasteiger partial charge in [-0.1, -0.05) is 19.1 Å². The molecule has 2 aliphatic rings. The first kappa shape index (κ1) is 7.08. The van der Waals surface area contributed by atoms with Crippen LogP contribution in [0.25, 0.3) is 0 Å². The second kappa shape index (κ2) is 2.20. The quantitative estimate of drug-likeness (QED) is 0.523. The summed E-state index contributed by atoms with van der Waals surface area (Å²) in [6.45, 7) is 3.94. The summed E-state index contributed by atoms with van der Waals surface area (Å²) in [7, 11) is 0. The molecule has 0 unspecified atom stereocenters. The summed E-state index contributed by atoms with van der Waals surface area (Å²) in [6, 6.07) is 0. The lowest BCUT2D eigenvalue weighted by atomic mass is 9.82. The number of fused-ring (bicyclic) bond motifs is 2. The summed E-state index contributed by atoms with van der Waals surface area (Å²) < 4.78 is 0. The average molecular weight is 150 g/mol. The maximum atomic E-state index is 11.2. The number of rotatable bonds is 1. The molecule has 0 N–H and O–H groups in total. The second-order valence-electron chi connectivity index (χ2n) is 3.94. The number of carbonyl (C=O) groups excluding carboxylic acids is 1. The lowest BCUT2D eigenvalue weighted by Gasteiger charge is -2.21. The van der Waals surface area contributed by atoms with Gasteiger partial charge in [-0.05, 0) is 31.1 Å². The Balaban J connectivity index is 2.25. The Kier molecular flexibility index (Phi) is 1.41. The largest absolute Gasteiger partial charge is 0.300 e. The van der Waals surface area contributed by atoms with Crippen molar-refractivity contribution >= 4 is 5.78 Å². The molecule has 1 heteroatoms. The Labute approximate surface area is 67.5 Å². The summed E-state index contributed by atoms with van der Waals surface area (Å²) in [4.78, 5) is 11.2. The van der Waals surface area contributed by atoms with Gasteiger partial charge >= 0.3 is 0 Å². The van der Waals surface area contributed by atoms with Crippen LogP contribution in [-0.2, 0) is 4.79 Å². The highest BCUT2D eigenvalue weighted by molar-refractivity contribution is 5.80. The van der Waals surface area contributed by atoms with Crippen LogP contribution in [0, 0.1) is 23.7 Å². The van der Waals surface area contributed by atoms with Crippen LogP contribution in [0.3, 0.4) is 0 Å². The van der Waals surface area contributed by atoms with Gasteiger partial charge < -0.3 is 0 Å². The fraction of sp³-hybridized carbons (Fsp3) is 0.700. The maximum absolute atomic E-state index is 11.2. The van der Waals surface area contributed by atoms with Crippen molar-refractivity contribution in [2.45, 2.75) is 20.3 Å². The van der Waals surface area contributed by atoms with Gasteiger partial charge in [-0.3, -0.25) is 4.79 Å². The van der Waals surface area contributed by atoms with Gasteiger partial charge in [0.05, 0.1) is 0 Å². The fourth-order valence-corrected chi connectivity index (χ4v) is 2.74. The predicted octanol–water partition coefficient (Wildman–Crippen LogP) is 2.03. The zero-order valence-corrected chi connectivity index (χ0v) is 7.08. The second-order valence-corrected chi connectivity index (χ2v) is 3.94. The summed E-state index contributed by atoms with van der Waals surface area (Å²) >= 11 is 0. The molecule has 0 amide bonds. The van der Waals surface area contributed by atoms with Crippen molar-refractivity contribution in [1.29, 1.82) is 0 Å². The third kappa shape index (κ3) is 0.867. The van der Waals surface area contributed by atoms with E-state index < -0.39 is 0 Å². The van der Waals surface area contributed by atoms with Crippen LogP contribution < -0.4 is 0 Å².